The zero-order valence-electron chi connectivity index (χ0n) is 7.09. The van der Waals surface area contributed by atoms with Gasteiger partial charge in [-0.05, 0) is 18.8 Å². The highest BCUT2D eigenvalue weighted by atomic mass is 16.5. The highest BCUT2D eigenvalue weighted by Gasteiger charge is 2.51. The fraction of sp³-hybridized carbons (Fsp3) is 0.889. The number of rotatable bonds is 0. The molecule has 2 heterocycles. The zero-order valence-corrected chi connectivity index (χ0v) is 7.09. The Kier molecular flexibility index (Phi) is 1.29. The van der Waals surface area contributed by atoms with Gasteiger partial charge in [-0.15, -0.1) is 0 Å². The zero-order chi connectivity index (χ0) is 8.06. The maximum Gasteiger partial charge on any atom is 0.306 e. The fourth-order valence-electron chi connectivity index (χ4n) is 2.17. The van der Waals surface area contributed by atoms with Crippen LogP contribution in [0.4, 0.5) is 0 Å². The van der Waals surface area contributed by atoms with Crippen molar-refractivity contribution < 1.29 is 9.53 Å². The topological polar surface area (TPSA) is 26.3 Å². The van der Waals surface area contributed by atoms with Crippen molar-refractivity contribution in [2.75, 3.05) is 0 Å². The van der Waals surface area contributed by atoms with E-state index >= 15 is 0 Å². The molecule has 0 aromatic carbocycles. The highest BCUT2D eigenvalue weighted by molar-refractivity contribution is 5.70. The van der Waals surface area contributed by atoms with Crippen molar-refractivity contribution in [3.63, 3.8) is 0 Å². The average Bonchev–Trinajstić information content (AvgIpc) is 2.17. The molecule has 1 aliphatic carbocycles. The summed E-state index contributed by atoms with van der Waals surface area (Å²) in [7, 11) is 0. The largest absolute Gasteiger partial charge is 0.462 e. The van der Waals surface area contributed by atoms with Crippen molar-refractivity contribution in [2.45, 2.75) is 39.2 Å². The summed E-state index contributed by atoms with van der Waals surface area (Å²) in [6.45, 7) is 4.40. The van der Waals surface area contributed by atoms with Gasteiger partial charge in [-0.3, -0.25) is 4.79 Å². The van der Waals surface area contributed by atoms with Gasteiger partial charge in [0.15, 0.2) is 0 Å². The first-order valence-electron chi connectivity index (χ1n) is 4.30. The lowest BCUT2D eigenvalue weighted by Crippen LogP contribution is -2.49. The first kappa shape index (κ1) is 7.14. The van der Waals surface area contributed by atoms with Crippen LogP contribution < -0.4 is 0 Å². The second-order valence-electron chi connectivity index (χ2n) is 4.27. The quantitative estimate of drug-likeness (QED) is 0.497. The fourth-order valence-corrected chi connectivity index (χ4v) is 2.17. The minimum atomic E-state index is 0.00285. The number of carbonyl (C=O) groups is 1. The van der Waals surface area contributed by atoms with E-state index in [1.54, 1.807) is 0 Å². The molecule has 2 heteroatoms. The van der Waals surface area contributed by atoms with Gasteiger partial charge >= 0.3 is 5.97 Å². The maximum atomic E-state index is 11.0. The molecule has 2 nitrogen and oxygen atoms in total. The van der Waals surface area contributed by atoms with Crippen molar-refractivity contribution >= 4 is 5.97 Å². The average molecular weight is 154 g/mol. The Morgan fingerprint density at radius 1 is 1.55 bits per heavy atom. The van der Waals surface area contributed by atoms with Gasteiger partial charge in [0.1, 0.15) is 6.10 Å². The number of carbonyl (C=O) groups excluding carboxylic acids is 1. The molecule has 2 aliphatic heterocycles. The van der Waals surface area contributed by atoms with Crippen molar-refractivity contribution in [1.29, 1.82) is 0 Å². The van der Waals surface area contributed by atoms with Crippen molar-refractivity contribution in [3.05, 3.63) is 0 Å². The predicted molar refractivity (Wildman–Crippen MR) is 41.0 cm³/mol. The number of ether oxygens (including phenoxy) is 1. The molecule has 2 unspecified atom stereocenters. The molecule has 3 aliphatic rings. The Morgan fingerprint density at radius 2 is 2.27 bits per heavy atom. The predicted octanol–water partition coefficient (Wildman–Crippen LogP) is 1.74. The summed E-state index contributed by atoms with van der Waals surface area (Å²) < 4.78 is 5.25. The van der Waals surface area contributed by atoms with Crippen LogP contribution in [0.5, 0.6) is 0 Å². The third-order valence-corrected chi connectivity index (χ3v) is 3.35. The lowest BCUT2D eigenvalue weighted by Gasteiger charge is -2.49. The van der Waals surface area contributed by atoms with Crippen LogP contribution in [-0.4, -0.2) is 12.1 Å². The molecule has 0 radical (unpaired) electrons. The number of hydrogen-bond donors (Lipinski definition) is 0. The Hall–Kier alpha value is -0.530. The third kappa shape index (κ3) is 0.883. The van der Waals surface area contributed by atoms with E-state index in [0.717, 1.165) is 18.8 Å². The Labute approximate surface area is 66.9 Å². The van der Waals surface area contributed by atoms with E-state index in [-0.39, 0.29) is 17.5 Å². The van der Waals surface area contributed by atoms with Gasteiger partial charge in [-0.2, -0.15) is 0 Å². The van der Waals surface area contributed by atoms with Gasteiger partial charge in [0.2, 0.25) is 0 Å². The number of hydrogen-bond acceptors (Lipinski definition) is 2. The van der Waals surface area contributed by atoms with Gasteiger partial charge in [-0.1, -0.05) is 13.8 Å². The maximum absolute atomic E-state index is 11.0. The highest BCUT2D eigenvalue weighted by Crippen LogP contribution is 2.52. The van der Waals surface area contributed by atoms with E-state index in [9.17, 15) is 4.79 Å². The SMILES string of the molecule is CC1(C)C2CCC(=O)OC1C2. The summed E-state index contributed by atoms with van der Waals surface area (Å²) in [6.07, 6.45) is 2.97. The molecule has 11 heavy (non-hydrogen) atoms. The van der Waals surface area contributed by atoms with Crippen LogP contribution in [0.3, 0.4) is 0 Å². The van der Waals surface area contributed by atoms with E-state index in [0.29, 0.717) is 6.42 Å². The summed E-state index contributed by atoms with van der Waals surface area (Å²) in [6, 6.07) is 0. The Bertz CT molecular complexity index is 196. The lowest BCUT2D eigenvalue weighted by molar-refractivity contribution is -0.165. The van der Waals surface area contributed by atoms with Crippen molar-refractivity contribution in [3.8, 4) is 0 Å². The van der Waals surface area contributed by atoms with E-state index in [4.69, 9.17) is 4.74 Å². The van der Waals surface area contributed by atoms with E-state index in [1.165, 1.54) is 0 Å². The molecule has 2 atom stereocenters. The van der Waals surface area contributed by atoms with Crippen LogP contribution in [0.15, 0.2) is 0 Å². The molecule has 0 amide bonds. The van der Waals surface area contributed by atoms with Crippen LogP contribution >= 0.6 is 0 Å². The molecule has 2 saturated heterocycles. The standard InChI is InChI=1S/C9H14O2/c1-9(2)6-3-4-8(10)11-7(9)5-6/h6-7H,3-5H2,1-2H3. The molecular weight excluding hydrogens is 140 g/mol. The van der Waals surface area contributed by atoms with Crippen LogP contribution in [0.2, 0.25) is 0 Å². The summed E-state index contributed by atoms with van der Waals surface area (Å²) in [5.41, 5.74) is 0.256. The number of fused-ring (bicyclic) bond motifs is 3. The second-order valence-corrected chi connectivity index (χ2v) is 4.27. The van der Waals surface area contributed by atoms with Crippen molar-refractivity contribution in [2.24, 2.45) is 11.3 Å². The van der Waals surface area contributed by atoms with E-state index in [1.807, 2.05) is 0 Å². The van der Waals surface area contributed by atoms with Gasteiger partial charge < -0.3 is 4.74 Å². The molecule has 0 aromatic rings. The van der Waals surface area contributed by atoms with Gasteiger partial charge in [0.25, 0.3) is 0 Å². The molecule has 1 saturated carbocycles. The Morgan fingerprint density at radius 3 is 2.91 bits per heavy atom. The van der Waals surface area contributed by atoms with Crippen LogP contribution in [-0.2, 0) is 9.53 Å². The molecule has 2 bridgehead atoms. The monoisotopic (exact) mass is 154 g/mol. The molecule has 0 aromatic heterocycles. The number of esters is 1. The Balaban J connectivity index is 2.17. The molecular formula is C9H14O2. The smallest absolute Gasteiger partial charge is 0.306 e. The minimum absolute atomic E-state index is 0.00285. The molecule has 0 N–H and O–H groups in total. The van der Waals surface area contributed by atoms with Gasteiger partial charge in [0, 0.05) is 11.8 Å². The third-order valence-electron chi connectivity index (χ3n) is 3.35. The molecule has 62 valence electrons. The van der Waals surface area contributed by atoms with E-state index in [2.05, 4.69) is 13.8 Å². The van der Waals surface area contributed by atoms with Gasteiger partial charge in [0.05, 0.1) is 0 Å². The first-order chi connectivity index (χ1) is 5.10. The second kappa shape index (κ2) is 1.99. The summed E-state index contributed by atoms with van der Waals surface area (Å²) >= 11 is 0. The van der Waals surface area contributed by atoms with E-state index < -0.39 is 0 Å². The normalized spacial score (nSPS) is 40.4. The summed E-state index contributed by atoms with van der Waals surface area (Å²) in [5, 5.41) is 0. The minimum Gasteiger partial charge on any atom is -0.462 e. The summed E-state index contributed by atoms with van der Waals surface area (Å²) in [5.74, 6) is 0.724. The first-order valence-corrected chi connectivity index (χ1v) is 4.30. The van der Waals surface area contributed by atoms with Gasteiger partial charge in [-0.25, -0.2) is 0 Å². The molecule has 0 spiro atoms. The lowest BCUT2D eigenvalue weighted by atomic mass is 9.59. The van der Waals surface area contributed by atoms with Crippen LogP contribution in [0.25, 0.3) is 0 Å². The molecule has 3 fully saturated rings. The van der Waals surface area contributed by atoms with Crippen LogP contribution in [0.1, 0.15) is 33.1 Å². The van der Waals surface area contributed by atoms with Crippen LogP contribution in [0, 0.1) is 11.3 Å². The van der Waals surface area contributed by atoms with Crippen molar-refractivity contribution in [1.82, 2.24) is 0 Å². The summed E-state index contributed by atoms with van der Waals surface area (Å²) in [4.78, 5) is 11.0. The molecule has 3 rings (SSSR count).